The number of aromatic amines is 2. The first kappa shape index (κ1) is 15.6. The molecule has 128 valence electrons. The molecule has 4 aromatic rings. The topological polar surface area (TPSA) is 157 Å². The lowest BCUT2D eigenvalue weighted by atomic mass is 10.1. The van der Waals surface area contributed by atoms with Gasteiger partial charge in [0.05, 0.1) is 17.2 Å². The average molecular weight is 344 g/mol. The van der Waals surface area contributed by atoms with Crippen molar-refractivity contribution in [2.24, 2.45) is 11.5 Å². The SMILES string of the molecule is N=C(N)c1ccc(-c2ncc(-c3nc4ccc(C(=N)N)cc4[nH]3)[nH]2)cc1. The molecule has 0 unspecified atom stereocenters. The molecule has 0 saturated heterocycles. The fourth-order valence-electron chi connectivity index (χ4n) is 2.70. The molecule has 4 rings (SSSR count). The highest BCUT2D eigenvalue weighted by Crippen LogP contribution is 2.23. The molecule has 8 heteroatoms. The number of nitrogens with two attached hydrogens (primary N) is 2. The second-order valence-corrected chi connectivity index (χ2v) is 5.87. The fraction of sp³-hybridized carbons (Fsp3) is 0. The molecule has 2 heterocycles. The first-order valence-electron chi connectivity index (χ1n) is 7.85. The van der Waals surface area contributed by atoms with Gasteiger partial charge in [-0.1, -0.05) is 24.3 Å². The van der Waals surface area contributed by atoms with Crippen molar-refractivity contribution in [1.29, 1.82) is 10.8 Å². The highest BCUT2D eigenvalue weighted by molar-refractivity contribution is 5.98. The predicted molar refractivity (Wildman–Crippen MR) is 101 cm³/mol. The van der Waals surface area contributed by atoms with Gasteiger partial charge in [0.15, 0.2) is 5.82 Å². The number of rotatable bonds is 4. The van der Waals surface area contributed by atoms with Crippen molar-refractivity contribution >= 4 is 22.7 Å². The molecule has 0 amide bonds. The minimum absolute atomic E-state index is 0.0147. The number of hydrogen-bond donors (Lipinski definition) is 6. The minimum Gasteiger partial charge on any atom is -0.384 e. The van der Waals surface area contributed by atoms with Gasteiger partial charge in [-0.15, -0.1) is 0 Å². The molecule has 2 aromatic carbocycles. The summed E-state index contributed by atoms with van der Waals surface area (Å²) in [5, 5.41) is 15.0. The summed E-state index contributed by atoms with van der Waals surface area (Å²) in [4.78, 5) is 15.4. The smallest absolute Gasteiger partial charge is 0.156 e. The van der Waals surface area contributed by atoms with Crippen LogP contribution in [0.2, 0.25) is 0 Å². The van der Waals surface area contributed by atoms with Crippen molar-refractivity contribution in [3.63, 3.8) is 0 Å². The van der Waals surface area contributed by atoms with Gasteiger partial charge in [-0.25, -0.2) is 9.97 Å². The monoisotopic (exact) mass is 344 g/mol. The molecule has 0 saturated carbocycles. The zero-order chi connectivity index (χ0) is 18.3. The third-order valence-corrected chi connectivity index (χ3v) is 4.09. The molecule has 0 aliphatic carbocycles. The van der Waals surface area contributed by atoms with Gasteiger partial charge in [0, 0.05) is 16.7 Å². The lowest BCUT2D eigenvalue weighted by Gasteiger charge is -2.00. The summed E-state index contributed by atoms with van der Waals surface area (Å²) in [7, 11) is 0. The largest absolute Gasteiger partial charge is 0.384 e. The van der Waals surface area contributed by atoms with Crippen LogP contribution in [0.3, 0.4) is 0 Å². The third kappa shape index (κ3) is 2.69. The molecule has 0 aliphatic heterocycles. The molecular formula is C18H16N8. The number of hydrogen-bond acceptors (Lipinski definition) is 4. The lowest BCUT2D eigenvalue weighted by molar-refractivity contribution is 1.26. The van der Waals surface area contributed by atoms with E-state index in [9.17, 15) is 0 Å². The van der Waals surface area contributed by atoms with Gasteiger partial charge in [0.1, 0.15) is 23.2 Å². The molecule has 26 heavy (non-hydrogen) atoms. The highest BCUT2D eigenvalue weighted by Gasteiger charge is 2.11. The Morgan fingerprint density at radius 1 is 0.846 bits per heavy atom. The molecule has 0 spiro atoms. The molecule has 0 fully saturated rings. The Bertz CT molecular complexity index is 1130. The van der Waals surface area contributed by atoms with Gasteiger partial charge < -0.3 is 21.4 Å². The van der Waals surface area contributed by atoms with E-state index in [0.29, 0.717) is 22.8 Å². The number of nitrogens with zero attached hydrogens (tertiary/aromatic N) is 2. The van der Waals surface area contributed by atoms with Crippen LogP contribution in [0.4, 0.5) is 0 Å². The van der Waals surface area contributed by atoms with Crippen LogP contribution >= 0.6 is 0 Å². The number of benzene rings is 2. The van der Waals surface area contributed by atoms with Crippen LogP contribution in [0, 0.1) is 10.8 Å². The Hall–Kier alpha value is -3.94. The summed E-state index contributed by atoms with van der Waals surface area (Å²) in [6.45, 7) is 0. The molecule has 0 atom stereocenters. The average Bonchev–Trinajstić information content (AvgIpc) is 3.27. The first-order valence-corrected chi connectivity index (χ1v) is 7.85. The lowest BCUT2D eigenvalue weighted by Crippen LogP contribution is -2.10. The summed E-state index contributed by atoms with van der Waals surface area (Å²) < 4.78 is 0. The molecule has 0 radical (unpaired) electrons. The van der Waals surface area contributed by atoms with E-state index in [1.165, 1.54) is 0 Å². The van der Waals surface area contributed by atoms with Crippen LogP contribution in [-0.4, -0.2) is 31.6 Å². The number of fused-ring (bicyclic) bond motifs is 1. The Labute approximate surface area is 148 Å². The van der Waals surface area contributed by atoms with Gasteiger partial charge in [-0.2, -0.15) is 0 Å². The van der Waals surface area contributed by atoms with Crippen molar-refractivity contribution in [2.75, 3.05) is 0 Å². The van der Waals surface area contributed by atoms with Crippen molar-refractivity contribution in [3.05, 3.63) is 59.8 Å². The molecule has 8 nitrogen and oxygen atoms in total. The van der Waals surface area contributed by atoms with Gasteiger partial charge in [-0.05, 0) is 18.2 Å². The van der Waals surface area contributed by atoms with E-state index in [-0.39, 0.29) is 11.7 Å². The Morgan fingerprint density at radius 3 is 2.23 bits per heavy atom. The standard InChI is InChI=1S/C18H16N8/c19-15(20)9-1-3-10(4-2-9)17-23-8-14(26-17)18-24-12-6-5-11(16(21)22)7-13(12)25-18/h1-8H,(H3,19,20)(H3,21,22)(H,23,26)(H,24,25). The van der Waals surface area contributed by atoms with E-state index in [0.717, 1.165) is 22.3 Å². The number of nitrogens with one attached hydrogen (secondary N) is 4. The summed E-state index contributed by atoms with van der Waals surface area (Å²) in [5.41, 5.74) is 15.5. The van der Waals surface area contributed by atoms with E-state index in [1.807, 2.05) is 18.2 Å². The quantitative estimate of drug-likeness (QED) is 0.248. The molecule has 2 aromatic heterocycles. The van der Waals surface area contributed by atoms with E-state index in [2.05, 4.69) is 19.9 Å². The Morgan fingerprint density at radius 2 is 1.54 bits per heavy atom. The van der Waals surface area contributed by atoms with Crippen LogP contribution in [0.15, 0.2) is 48.7 Å². The van der Waals surface area contributed by atoms with Gasteiger partial charge in [0.25, 0.3) is 0 Å². The molecule has 8 N–H and O–H groups in total. The van der Waals surface area contributed by atoms with Crippen LogP contribution < -0.4 is 11.5 Å². The number of aromatic nitrogens is 4. The zero-order valence-electron chi connectivity index (χ0n) is 13.7. The normalized spacial score (nSPS) is 10.9. The molecule has 0 aliphatic rings. The van der Waals surface area contributed by atoms with E-state index < -0.39 is 0 Å². The predicted octanol–water partition coefficient (Wildman–Crippen LogP) is 2.19. The van der Waals surface area contributed by atoms with Crippen LogP contribution in [0.25, 0.3) is 33.9 Å². The second kappa shape index (κ2) is 5.85. The van der Waals surface area contributed by atoms with Gasteiger partial charge >= 0.3 is 0 Å². The van der Waals surface area contributed by atoms with Gasteiger partial charge in [-0.3, -0.25) is 10.8 Å². The van der Waals surface area contributed by atoms with Crippen molar-refractivity contribution in [3.8, 4) is 22.9 Å². The van der Waals surface area contributed by atoms with E-state index in [4.69, 9.17) is 22.3 Å². The minimum atomic E-state index is 0.0147. The summed E-state index contributed by atoms with van der Waals surface area (Å²) in [6.07, 6.45) is 1.71. The maximum absolute atomic E-state index is 7.53. The van der Waals surface area contributed by atoms with Crippen molar-refractivity contribution in [2.45, 2.75) is 0 Å². The van der Waals surface area contributed by atoms with Crippen molar-refractivity contribution in [1.82, 2.24) is 19.9 Å². The number of amidine groups is 2. The number of H-pyrrole nitrogens is 2. The molecule has 0 bridgehead atoms. The maximum Gasteiger partial charge on any atom is 0.156 e. The first-order chi connectivity index (χ1) is 12.5. The van der Waals surface area contributed by atoms with Crippen LogP contribution in [0.1, 0.15) is 11.1 Å². The zero-order valence-corrected chi connectivity index (χ0v) is 13.7. The summed E-state index contributed by atoms with van der Waals surface area (Å²) >= 11 is 0. The number of nitrogen functional groups attached to an aromatic ring is 2. The Kier molecular flexibility index (Phi) is 3.51. The fourth-order valence-corrected chi connectivity index (χ4v) is 2.70. The Balaban J connectivity index is 1.68. The van der Waals surface area contributed by atoms with Crippen LogP contribution in [0.5, 0.6) is 0 Å². The van der Waals surface area contributed by atoms with Crippen molar-refractivity contribution < 1.29 is 0 Å². The second-order valence-electron chi connectivity index (χ2n) is 5.87. The highest BCUT2D eigenvalue weighted by atomic mass is 15.0. The van der Waals surface area contributed by atoms with Gasteiger partial charge in [0.2, 0.25) is 0 Å². The van der Waals surface area contributed by atoms with E-state index >= 15 is 0 Å². The summed E-state index contributed by atoms with van der Waals surface area (Å²) in [6, 6.07) is 12.7. The van der Waals surface area contributed by atoms with Crippen LogP contribution in [-0.2, 0) is 0 Å². The van der Waals surface area contributed by atoms with E-state index in [1.54, 1.807) is 30.5 Å². The number of imidazole rings is 2. The summed E-state index contributed by atoms with van der Waals surface area (Å²) in [5.74, 6) is 1.39. The third-order valence-electron chi connectivity index (χ3n) is 4.09. The maximum atomic E-state index is 7.53. The molecular weight excluding hydrogens is 328 g/mol.